The number of benzene rings is 1. The number of hydrogen-bond donors (Lipinski definition) is 2. The Bertz CT molecular complexity index is 548. The second-order valence-corrected chi connectivity index (χ2v) is 4.49. The van der Waals surface area contributed by atoms with E-state index in [1.165, 1.54) is 0 Å². The SMILES string of the molecule is Cc1c(Br)ccc(O)c1-c1cnn(C)c1N. The maximum Gasteiger partial charge on any atom is 0.129 e. The molecular weight excluding hydrogens is 270 g/mol. The van der Waals surface area contributed by atoms with Gasteiger partial charge in [0.05, 0.1) is 6.20 Å². The number of anilines is 1. The van der Waals surface area contributed by atoms with Crippen molar-refractivity contribution in [3.05, 3.63) is 28.4 Å². The highest BCUT2D eigenvalue weighted by atomic mass is 79.9. The van der Waals surface area contributed by atoms with Crippen LogP contribution in [-0.2, 0) is 7.05 Å². The Hall–Kier alpha value is -1.49. The molecule has 0 bridgehead atoms. The minimum absolute atomic E-state index is 0.209. The van der Waals surface area contributed by atoms with Crippen molar-refractivity contribution in [1.29, 1.82) is 0 Å². The molecule has 0 unspecified atom stereocenters. The van der Waals surface area contributed by atoms with Gasteiger partial charge in [-0.25, -0.2) is 0 Å². The van der Waals surface area contributed by atoms with Gasteiger partial charge in [-0.1, -0.05) is 15.9 Å². The fourth-order valence-electron chi connectivity index (χ4n) is 1.65. The molecule has 0 fully saturated rings. The maximum absolute atomic E-state index is 9.89. The van der Waals surface area contributed by atoms with Crippen LogP contribution < -0.4 is 5.73 Å². The first kappa shape index (κ1) is 11.0. The van der Waals surface area contributed by atoms with Gasteiger partial charge in [-0.05, 0) is 24.6 Å². The van der Waals surface area contributed by atoms with E-state index in [1.54, 1.807) is 30.1 Å². The molecule has 5 heteroatoms. The van der Waals surface area contributed by atoms with Gasteiger partial charge in [0.25, 0.3) is 0 Å². The molecule has 0 atom stereocenters. The second kappa shape index (κ2) is 3.83. The molecule has 0 saturated carbocycles. The summed E-state index contributed by atoms with van der Waals surface area (Å²) in [5.74, 6) is 0.747. The van der Waals surface area contributed by atoms with Gasteiger partial charge in [-0.3, -0.25) is 4.68 Å². The summed E-state index contributed by atoms with van der Waals surface area (Å²) in [6, 6.07) is 3.44. The summed E-state index contributed by atoms with van der Waals surface area (Å²) in [6.45, 7) is 1.92. The van der Waals surface area contributed by atoms with Gasteiger partial charge in [0.15, 0.2) is 0 Å². The Balaban J connectivity index is 2.73. The van der Waals surface area contributed by atoms with E-state index in [9.17, 15) is 5.11 Å². The van der Waals surface area contributed by atoms with Crippen LogP contribution in [0, 0.1) is 6.92 Å². The van der Waals surface area contributed by atoms with Gasteiger partial charge in [-0.15, -0.1) is 0 Å². The highest BCUT2D eigenvalue weighted by Gasteiger charge is 2.15. The lowest BCUT2D eigenvalue weighted by Gasteiger charge is -2.09. The van der Waals surface area contributed by atoms with Crippen molar-refractivity contribution < 1.29 is 5.11 Å². The maximum atomic E-state index is 9.89. The summed E-state index contributed by atoms with van der Waals surface area (Å²) < 4.78 is 2.51. The van der Waals surface area contributed by atoms with E-state index in [2.05, 4.69) is 21.0 Å². The molecule has 0 radical (unpaired) electrons. The van der Waals surface area contributed by atoms with Gasteiger partial charge >= 0.3 is 0 Å². The van der Waals surface area contributed by atoms with E-state index in [0.717, 1.165) is 21.2 Å². The van der Waals surface area contributed by atoms with Crippen LogP contribution in [-0.4, -0.2) is 14.9 Å². The summed E-state index contributed by atoms with van der Waals surface area (Å²) in [7, 11) is 1.77. The van der Waals surface area contributed by atoms with Crippen LogP contribution in [0.4, 0.5) is 5.82 Å². The van der Waals surface area contributed by atoms with E-state index in [-0.39, 0.29) is 5.75 Å². The largest absolute Gasteiger partial charge is 0.507 e. The van der Waals surface area contributed by atoms with Gasteiger partial charge in [0, 0.05) is 22.6 Å². The van der Waals surface area contributed by atoms with Crippen LogP contribution in [0.2, 0.25) is 0 Å². The normalized spacial score (nSPS) is 10.7. The number of nitrogens with two attached hydrogens (primary N) is 1. The first-order chi connectivity index (χ1) is 7.52. The van der Waals surface area contributed by atoms with Crippen LogP contribution >= 0.6 is 15.9 Å². The molecule has 0 saturated heterocycles. The summed E-state index contributed by atoms with van der Waals surface area (Å²) in [6.07, 6.45) is 1.66. The number of phenols is 1. The fourth-order valence-corrected chi connectivity index (χ4v) is 1.98. The van der Waals surface area contributed by atoms with Crippen molar-refractivity contribution in [2.45, 2.75) is 6.92 Å². The summed E-state index contributed by atoms with van der Waals surface area (Å²) in [5.41, 5.74) is 8.31. The zero-order valence-electron chi connectivity index (χ0n) is 9.03. The van der Waals surface area contributed by atoms with Crippen molar-refractivity contribution in [2.24, 2.45) is 7.05 Å². The molecule has 0 aliphatic heterocycles. The number of hydrogen-bond acceptors (Lipinski definition) is 3. The number of rotatable bonds is 1. The Labute approximate surface area is 102 Å². The zero-order valence-corrected chi connectivity index (χ0v) is 10.6. The lowest BCUT2D eigenvalue weighted by Crippen LogP contribution is -1.98. The Morgan fingerprint density at radius 1 is 1.44 bits per heavy atom. The zero-order chi connectivity index (χ0) is 11.9. The molecule has 0 amide bonds. The topological polar surface area (TPSA) is 64.1 Å². The molecule has 0 spiro atoms. The van der Waals surface area contributed by atoms with Crippen molar-refractivity contribution in [2.75, 3.05) is 5.73 Å². The molecular formula is C11H12BrN3O. The third-order valence-corrected chi connectivity index (χ3v) is 3.49. The van der Waals surface area contributed by atoms with Crippen molar-refractivity contribution in [3.63, 3.8) is 0 Å². The third-order valence-electron chi connectivity index (χ3n) is 2.63. The molecule has 16 heavy (non-hydrogen) atoms. The minimum Gasteiger partial charge on any atom is -0.507 e. The first-order valence-electron chi connectivity index (χ1n) is 4.78. The van der Waals surface area contributed by atoms with Crippen LogP contribution in [0.3, 0.4) is 0 Å². The quantitative estimate of drug-likeness (QED) is 0.844. The lowest BCUT2D eigenvalue weighted by molar-refractivity contribution is 0.477. The van der Waals surface area contributed by atoms with Crippen LogP contribution in [0.5, 0.6) is 5.75 Å². The summed E-state index contributed by atoms with van der Waals surface area (Å²) in [4.78, 5) is 0. The summed E-state index contributed by atoms with van der Waals surface area (Å²) >= 11 is 3.43. The number of aromatic nitrogens is 2. The van der Waals surface area contributed by atoms with Crippen molar-refractivity contribution >= 4 is 21.7 Å². The van der Waals surface area contributed by atoms with Crippen molar-refractivity contribution in [3.8, 4) is 16.9 Å². The van der Waals surface area contributed by atoms with Crippen LogP contribution in [0.1, 0.15) is 5.56 Å². The van der Waals surface area contributed by atoms with Gasteiger partial charge in [0.2, 0.25) is 0 Å². The van der Waals surface area contributed by atoms with Gasteiger partial charge < -0.3 is 10.8 Å². The van der Waals surface area contributed by atoms with Gasteiger partial charge in [-0.2, -0.15) is 5.10 Å². The number of aryl methyl sites for hydroxylation is 1. The Kier molecular flexibility index (Phi) is 2.63. The van der Waals surface area contributed by atoms with Crippen LogP contribution in [0.25, 0.3) is 11.1 Å². The van der Waals surface area contributed by atoms with E-state index >= 15 is 0 Å². The molecule has 1 heterocycles. The highest BCUT2D eigenvalue weighted by molar-refractivity contribution is 9.10. The lowest BCUT2D eigenvalue weighted by atomic mass is 10.0. The number of nitrogen functional groups attached to an aromatic ring is 1. The van der Waals surface area contributed by atoms with E-state index < -0.39 is 0 Å². The van der Waals surface area contributed by atoms with E-state index in [4.69, 9.17) is 5.73 Å². The second-order valence-electron chi connectivity index (χ2n) is 3.63. The fraction of sp³-hybridized carbons (Fsp3) is 0.182. The standard InChI is InChI=1S/C11H12BrN3O/c1-6-8(12)3-4-9(16)10(6)7-5-14-15(2)11(7)13/h3-5,16H,13H2,1-2H3. The number of halogens is 1. The summed E-state index contributed by atoms with van der Waals surface area (Å²) in [5, 5.41) is 14.0. The first-order valence-corrected chi connectivity index (χ1v) is 5.57. The molecule has 0 aliphatic rings. The van der Waals surface area contributed by atoms with Crippen LogP contribution in [0.15, 0.2) is 22.8 Å². The average Bonchev–Trinajstić information content (AvgIpc) is 2.56. The molecule has 1 aromatic carbocycles. The number of nitrogens with zero attached hydrogens (tertiary/aromatic N) is 2. The molecule has 3 N–H and O–H groups in total. The number of aromatic hydroxyl groups is 1. The Morgan fingerprint density at radius 3 is 2.69 bits per heavy atom. The van der Waals surface area contributed by atoms with E-state index in [1.807, 2.05) is 6.92 Å². The van der Waals surface area contributed by atoms with Crippen molar-refractivity contribution in [1.82, 2.24) is 9.78 Å². The third kappa shape index (κ3) is 1.57. The van der Waals surface area contributed by atoms with E-state index in [0.29, 0.717) is 5.82 Å². The highest BCUT2D eigenvalue weighted by Crippen LogP contribution is 2.38. The minimum atomic E-state index is 0.209. The average molecular weight is 282 g/mol. The smallest absolute Gasteiger partial charge is 0.129 e. The molecule has 2 aromatic rings. The molecule has 1 aromatic heterocycles. The monoisotopic (exact) mass is 281 g/mol. The predicted molar refractivity (Wildman–Crippen MR) is 67.2 cm³/mol. The van der Waals surface area contributed by atoms with Gasteiger partial charge in [0.1, 0.15) is 11.6 Å². The number of phenolic OH excluding ortho intramolecular Hbond substituents is 1. The molecule has 4 nitrogen and oxygen atoms in total. The predicted octanol–water partition coefficient (Wildman–Crippen LogP) is 2.45. The Morgan fingerprint density at radius 2 is 2.12 bits per heavy atom. The molecule has 84 valence electrons. The molecule has 0 aliphatic carbocycles. The molecule has 2 rings (SSSR count).